The molecule has 0 amide bonds. The van der Waals surface area contributed by atoms with E-state index in [1.54, 1.807) is 24.1 Å². The second-order valence-corrected chi connectivity index (χ2v) is 7.77. The molecule has 0 unspecified atom stereocenters. The van der Waals surface area contributed by atoms with Crippen molar-refractivity contribution in [1.82, 2.24) is 19.7 Å². The van der Waals surface area contributed by atoms with E-state index in [-0.39, 0.29) is 5.78 Å². The van der Waals surface area contributed by atoms with E-state index in [1.165, 1.54) is 0 Å². The van der Waals surface area contributed by atoms with Crippen molar-refractivity contribution in [3.05, 3.63) is 59.7 Å². The van der Waals surface area contributed by atoms with Gasteiger partial charge in [-0.15, -0.1) is 0 Å². The Kier molecular flexibility index (Phi) is 5.32. The van der Waals surface area contributed by atoms with Gasteiger partial charge < -0.3 is 19.4 Å². The quantitative estimate of drug-likeness (QED) is 0.463. The number of carbonyl (C=O) groups excluding carboxylic acids is 1. The maximum atomic E-state index is 12.3. The third-order valence-corrected chi connectivity index (χ3v) is 5.48. The fraction of sp³-hybridized carbons (Fsp3) is 0.304. The van der Waals surface area contributed by atoms with Crippen molar-refractivity contribution >= 4 is 28.6 Å². The van der Waals surface area contributed by atoms with E-state index in [1.807, 2.05) is 37.3 Å². The van der Waals surface area contributed by atoms with Gasteiger partial charge in [-0.05, 0) is 38.1 Å². The van der Waals surface area contributed by atoms with Crippen molar-refractivity contribution in [2.24, 2.45) is 0 Å². The largest absolute Gasteiger partial charge is 0.467 e. The minimum absolute atomic E-state index is 0.0222. The third-order valence-electron chi connectivity index (χ3n) is 5.48. The van der Waals surface area contributed by atoms with E-state index in [9.17, 15) is 4.79 Å². The van der Waals surface area contributed by atoms with Crippen molar-refractivity contribution in [2.45, 2.75) is 20.4 Å². The zero-order chi connectivity index (χ0) is 22.1. The fourth-order valence-corrected chi connectivity index (χ4v) is 3.86. The summed E-state index contributed by atoms with van der Waals surface area (Å²) in [7, 11) is 0. The summed E-state index contributed by atoms with van der Waals surface area (Å²) in [5, 5.41) is 8.68. The van der Waals surface area contributed by atoms with Crippen LogP contribution in [0.3, 0.4) is 0 Å². The molecule has 4 heterocycles. The molecule has 5 rings (SSSR count). The van der Waals surface area contributed by atoms with Crippen molar-refractivity contribution in [2.75, 3.05) is 36.5 Å². The van der Waals surface area contributed by atoms with E-state index in [2.05, 4.69) is 15.3 Å². The van der Waals surface area contributed by atoms with Crippen molar-refractivity contribution < 1.29 is 13.9 Å². The zero-order valence-electron chi connectivity index (χ0n) is 18.0. The number of ether oxygens (including phenoxy) is 1. The average molecular weight is 432 g/mol. The van der Waals surface area contributed by atoms with Crippen molar-refractivity contribution in [3.8, 4) is 5.69 Å². The molecule has 164 valence electrons. The molecule has 3 aromatic heterocycles. The van der Waals surface area contributed by atoms with Crippen LogP contribution in [0, 0.1) is 6.92 Å². The van der Waals surface area contributed by atoms with Gasteiger partial charge in [0.1, 0.15) is 11.6 Å². The average Bonchev–Trinajstić information content (AvgIpc) is 3.48. The van der Waals surface area contributed by atoms with Crippen LogP contribution in [0.4, 0.5) is 11.8 Å². The molecule has 4 aromatic rings. The number of aromatic nitrogens is 4. The summed E-state index contributed by atoms with van der Waals surface area (Å²) in [6.07, 6.45) is 3.40. The van der Waals surface area contributed by atoms with Crippen LogP contribution in [0.2, 0.25) is 0 Å². The molecular formula is C23H24N6O3. The van der Waals surface area contributed by atoms with Gasteiger partial charge in [0.15, 0.2) is 11.4 Å². The molecule has 32 heavy (non-hydrogen) atoms. The SMILES string of the molecule is CC(=O)c1cc(C)ccc1-n1ncc2c(N3CCOCC3)nc(NCc3ccco3)nc21. The lowest BCUT2D eigenvalue weighted by Gasteiger charge is -2.28. The summed E-state index contributed by atoms with van der Waals surface area (Å²) in [5.74, 6) is 2.02. The van der Waals surface area contributed by atoms with Crippen molar-refractivity contribution in [3.63, 3.8) is 0 Å². The highest BCUT2D eigenvalue weighted by Crippen LogP contribution is 2.29. The van der Waals surface area contributed by atoms with Gasteiger partial charge in [-0.3, -0.25) is 4.79 Å². The van der Waals surface area contributed by atoms with Crippen LogP contribution in [0.15, 0.2) is 47.2 Å². The Labute approximate surface area is 185 Å². The number of morpholine rings is 1. The molecule has 1 fully saturated rings. The van der Waals surface area contributed by atoms with E-state index < -0.39 is 0 Å². The van der Waals surface area contributed by atoms with Crippen LogP contribution in [0.1, 0.15) is 28.6 Å². The van der Waals surface area contributed by atoms with E-state index in [4.69, 9.17) is 19.1 Å². The first-order valence-electron chi connectivity index (χ1n) is 10.6. The summed E-state index contributed by atoms with van der Waals surface area (Å²) in [5.41, 5.74) is 2.95. The number of hydrogen-bond acceptors (Lipinski definition) is 8. The highest BCUT2D eigenvalue weighted by Gasteiger charge is 2.22. The van der Waals surface area contributed by atoms with Gasteiger partial charge in [-0.25, -0.2) is 4.68 Å². The maximum absolute atomic E-state index is 12.3. The van der Waals surface area contributed by atoms with Gasteiger partial charge in [-0.2, -0.15) is 15.1 Å². The van der Waals surface area contributed by atoms with Gasteiger partial charge in [0.25, 0.3) is 0 Å². The van der Waals surface area contributed by atoms with Crippen LogP contribution in [0.25, 0.3) is 16.7 Å². The highest BCUT2D eigenvalue weighted by molar-refractivity contribution is 5.99. The topological polar surface area (TPSA) is 98.3 Å². The Morgan fingerprint density at radius 3 is 2.78 bits per heavy atom. The fourth-order valence-electron chi connectivity index (χ4n) is 3.86. The number of nitrogens with one attached hydrogen (secondary N) is 1. The van der Waals surface area contributed by atoms with Crippen molar-refractivity contribution in [1.29, 1.82) is 0 Å². The molecule has 9 heteroatoms. The predicted molar refractivity (Wildman–Crippen MR) is 120 cm³/mol. The lowest BCUT2D eigenvalue weighted by Crippen LogP contribution is -2.37. The number of carbonyl (C=O) groups is 1. The van der Waals surface area contributed by atoms with Crippen LogP contribution in [-0.4, -0.2) is 51.8 Å². The normalized spacial score (nSPS) is 14.1. The summed E-state index contributed by atoms with van der Waals surface area (Å²) in [6, 6.07) is 9.49. The Morgan fingerprint density at radius 2 is 2.03 bits per heavy atom. The number of rotatable bonds is 6. The third kappa shape index (κ3) is 3.82. The van der Waals surface area contributed by atoms with E-state index >= 15 is 0 Å². The minimum atomic E-state index is -0.0222. The molecule has 0 spiro atoms. The second kappa shape index (κ2) is 8.43. The number of anilines is 2. The number of hydrogen-bond donors (Lipinski definition) is 1. The molecule has 1 N–H and O–H groups in total. The number of benzene rings is 1. The number of aryl methyl sites for hydroxylation is 1. The highest BCUT2D eigenvalue weighted by atomic mass is 16.5. The summed E-state index contributed by atoms with van der Waals surface area (Å²) < 4.78 is 12.7. The molecule has 0 saturated carbocycles. The van der Waals surface area contributed by atoms with Gasteiger partial charge in [0, 0.05) is 18.7 Å². The molecule has 0 aliphatic carbocycles. The number of nitrogens with zero attached hydrogens (tertiary/aromatic N) is 5. The predicted octanol–water partition coefficient (Wildman–Crippen LogP) is 3.37. The minimum Gasteiger partial charge on any atom is -0.467 e. The lowest BCUT2D eigenvalue weighted by atomic mass is 10.1. The van der Waals surface area contributed by atoms with Gasteiger partial charge >= 0.3 is 0 Å². The Bertz CT molecular complexity index is 1260. The van der Waals surface area contributed by atoms with E-state index in [0.29, 0.717) is 42.6 Å². The number of Topliss-reactive ketones (excluding diaryl/α,β-unsaturated/α-hetero) is 1. The molecule has 0 bridgehead atoms. The van der Waals surface area contributed by atoms with Crippen LogP contribution in [0.5, 0.6) is 0 Å². The van der Waals surface area contributed by atoms with Gasteiger partial charge in [0.05, 0.1) is 43.3 Å². The first kappa shape index (κ1) is 20.2. The molecule has 1 aliphatic heterocycles. The second-order valence-electron chi connectivity index (χ2n) is 7.77. The molecule has 0 atom stereocenters. The Morgan fingerprint density at radius 1 is 1.19 bits per heavy atom. The zero-order valence-corrected chi connectivity index (χ0v) is 18.0. The van der Waals surface area contributed by atoms with Gasteiger partial charge in [0.2, 0.25) is 5.95 Å². The molecular weight excluding hydrogens is 408 g/mol. The number of furan rings is 1. The number of fused-ring (bicyclic) bond motifs is 1. The van der Waals surface area contributed by atoms with Crippen LogP contribution < -0.4 is 10.2 Å². The summed E-state index contributed by atoms with van der Waals surface area (Å²) in [4.78, 5) is 24.1. The molecule has 1 saturated heterocycles. The molecule has 1 aliphatic rings. The molecule has 9 nitrogen and oxygen atoms in total. The first-order chi connectivity index (χ1) is 15.6. The Hall–Kier alpha value is -3.72. The Balaban J connectivity index is 1.63. The molecule has 1 aromatic carbocycles. The number of ketones is 1. The monoisotopic (exact) mass is 432 g/mol. The molecule has 0 radical (unpaired) electrons. The first-order valence-corrected chi connectivity index (χ1v) is 10.6. The standard InChI is InChI=1S/C23H24N6O3/c1-15-5-6-20(18(12-15)16(2)30)29-22-19(14-25-29)21(28-7-10-31-11-8-28)26-23(27-22)24-13-17-4-3-9-32-17/h3-6,9,12,14H,7-8,10-11,13H2,1-2H3,(H,24,26,27). The summed E-state index contributed by atoms with van der Waals surface area (Å²) in [6.45, 7) is 6.73. The van der Waals surface area contributed by atoms with Gasteiger partial charge in [-0.1, -0.05) is 11.6 Å². The van der Waals surface area contributed by atoms with Crippen LogP contribution >= 0.6 is 0 Å². The van der Waals surface area contributed by atoms with E-state index in [0.717, 1.165) is 35.6 Å². The summed E-state index contributed by atoms with van der Waals surface area (Å²) >= 11 is 0. The maximum Gasteiger partial charge on any atom is 0.227 e. The van der Waals surface area contributed by atoms with Crippen LogP contribution in [-0.2, 0) is 11.3 Å². The smallest absolute Gasteiger partial charge is 0.227 e. The lowest BCUT2D eigenvalue weighted by molar-refractivity contribution is 0.101.